The van der Waals surface area contributed by atoms with E-state index in [1.54, 1.807) is 0 Å². The number of hydrogen-bond acceptors (Lipinski definition) is 1. The van der Waals surface area contributed by atoms with E-state index in [2.05, 4.69) is 39.4 Å². The third kappa shape index (κ3) is 6.23. The van der Waals surface area contributed by atoms with Crippen LogP contribution in [0.25, 0.3) is 0 Å². The van der Waals surface area contributed by atoms with Gasteiger partial charge in [-0.05, 0) is 24.8 Å². The zero-order valence-electron chi connectivity index (χ0n) is 12.6. The molecule has 100 valence electrons. The van der Waals surface area contributed by atoms with Crippen LogP contribution < -0.4 is 0 Å². The molecule has 2 heteroatoms. The second-order valence-electron chi connectivity index (χ2n) is 6.36. The molecule has 2 atom stereocenters. The fourth-order valence-corrected chi connectivity index (χ4v) is 4.96. The SMILES string of the molecule is CCCCC(CC)CC(C(C)=C=O)[Si](C)(C)C. The van der Waals surface area contributed by atoms with Crippen LogP contribution in [-0.4, -0.2) is 14.0 Å². The van der Waals surface area contributed by atoms with Crippen LogP contribution in [0.1, 0.15) is 52.9 Å². The van der Waals surface area contributed by atoms with Crippen molar-refractivity contribution in [3.63, 3.8) is 0 Å². The molecule has 0 amide bonds. The first-order valence-electron chi connectivity index (χ1n) is 7.08. The summed E-state index contributed by atoms with van der Waals surface area (Å²) < 4.78 is 0. The Morgan fingerprint density at radius 1 is 1.24 bits per heavy atom. The Bertz CT molecular complexity index is 259. The molecule has 0 fully saturated rings. The number of unbranched alkanes of at least 4 members (excludes halogenated alkanes) is 1. The molecule has 0 saturated carbocycles. The van der Waals surface area contributed by atoms with E-state index in [1.165, 1.54) is 32.1 Å². The van der Waals surface area contributed by atoms with Crippen LogP contribution in [0.15, 0.2) is 5.57 Å². The van der Waals surface area contributed by atoms with E-state index in [0.717, 1.165) is 11.5 Å². The van der Waals surface area contributed by atoms with Crippen LogP contribution in [-0.2, 0) is 4.79 Å². The van der Waals surface area contributed by atoms with Crippen molar-refractivity contribution in [2.75, 3.05) is 0 Å². The molecular weight excluding hydrogens is 224 g/mol. The van der Waals surface area contributed by atoms with Crippen molar-refractivity contribution < 1.29 is 4.79 Å². The molecule has 2 unspecified atom stereocenters. The molecule has 0 spiro atoms. The molecule has 17 heavy (non-hydrogen) atoms. The molecule has 0 aliphatic rings. The highest BCUT2D eigenvalue weighted by atomic mass is 28.3. The van der Waals surface area contributed by atoms with Gasteiger partial charge >= 0.3 is 0 Å². The van der Waals surface area contributed by atoms with Crippen LogP contribution in [0.4, 0.5) is 0 Å². The number of carbonyl (C=O) groups excluding carboxylic acids is 1. The third-order valence-corrected chi connectivity index (χ3v) is 6.60. The zero-order chi connectivity index (χ0) is 13.5. The Balaban J connectivity index is 4.67. The van der Waals surface area contributed by atoms with Crippen molar-refractivity contribution in [1.29, 1.82) is 0 Å². The molecule has 0 saturated heterocycles. The van der Waals surface area contributed by atoms with Crippen LogP contribution in [0.2, 0.25) is 25.2 Å². The van der Waals surface area contributed by atoms with Gasteiger partial charge in [-0.25, -0.2) is 4.79 Å². The van der Waals surface area contributed by atoms with E-state index in [1.807, 2.05) is 6.92 Å². The van der Waals surface area contributed by atoms with Gasteiger partial charge in [0, 0.05) is 5.57 Å². The summed E-state index contributed by atoms with van der Waals surface area (Å²) in [5.41, 5.74) is 1.47. The average molecular weight is 254 g/mol. The fraction of sp³-hybridized carbons (Fsp3) is 0.867. The van der Waals surface area contributed by atoms with E-state index in [9.17, 15) is 4.79 Å². The molecule has 0 bridgehead atoms. The van der Waals surface area contributed by atoms with Crippen molar-refractivity contribution in [2.24, 2.45) is 5.92 Å². The van der Waals surface area contributed by atoms with E-state index in [0.29, 0.717) is 5.54 Å². The van der Waals surface area contributed by atoms with Crippen molar-refractivity contribution in [3.8, 4) is 0 Å². The summed E-state index contributed by atoms with van der Waals surface area (Å²) in [6, 6.07) is 0. The molecule has 0 aromatic carbocycles. The molecule has 0 heterocycles. The summed E-state index contributed by atoms with van der Waals surface area (Å²) in [7, 11) is -1.29. The number of hydrogen-bond donors (Lipinski definition) is 0. The maximum absolute atomic E-state index is 10.9. The zero-order valence-corrected chi connectivity index (χ0v) is 13.6. The highest BCUT2D eigenvalue weighted by Crippen LogP contribution is 2.36. The maximum atomic E-state index is 10.9. The molecule has 0 aliphatic heterocycles. The second-order valence-corrected chi connectivity index (χ2v) is 11.8. The molecular formula is C15H30OSi. The van der Waals surface area contributed by atoms with Gasteiger partial charge in [0.05, 0.1) is 8.07 Å². The molecule has 0 aromatic heterocycles. The lowest BCUT2D eigenvalue weighted by molar-refractivity contribution is 0.418. The summed E-state index contributed by atoms with van der Waals surface area (Å²) in [6.45, 7) is 13.6. The van der Waals surface area contributed by atoms with Crippen LogP contribution in [0, 0.1) is 5.92 Å². The van der Waals surface area contributed by atoms with Crippen LogP contribution in [0.5, 0.6) is 0 Å². The minimum atomic E-state index is -1.29. The van der Waals surface area contributed by atoms with Gasteiger partial charge in [-0.3, -0.25) is 0 Å². The Hall–Kier alpha value is -0.333. The van der Waals surface area contributed by atoms with Gasteiger partial charge in [-0.15, -0.1) is 0 Å². The number of rotatable bonds is 8. The van der Waals surface area contributed by atoms with Gasteiger partial charge < -0.3 is 0 Å². The lowest BCUT2D eigenvalue weighted by Crippen LogP contribution is -2.30. The fourth-order valence-electron chi connectivity index (χ4n) is 2.57. The molecule has 1 nitrogen and oxygen atoms in total. The van der Waals surface area contributed by atoms with Gasteiger partial charge in [-0.1, -0.05) is 59.2 Å². The first-order chi connectivity index (χ1) is 7.86. The van der Waals surface area contributed by atoms with Crippen LogP contribution in [0.3, 0.4) is 0 Å². The summed E-state index contributed by atoms with van der Waals surface area (Å²) >= 11 is 0. The van der Waals surface area contributed by atoms with Gasteiger partial charge in [-0.2, -0.15) is 0 Å². The third-order valence-electron chi connectivity index (χ3n) is 3.84. The molecule has 0 radical (unpaired) electrons. The minimum Gasteiger partial charge on any atom is -0.234 e. The predicted molar refractivity (Wildman–Crippen MR) is 79.9 cm³/mol. The topological polar surface area (TPSA) is 17.1 Å². The van der Waals surface area contributed by atoms with E-state index < -0.39 is 8.07 Å². The Morgan fingerprint density at radius 2 is 1.82 bits per heavy atom. The Labute approximate surface area is 109 Å². The first-order valence-corrected chi connectivity index (χ1v) is 10.7. The van der Waals surface area contributed by atoms with Crippen molar-refractivity contribution in [3.05, 3.63) is 5.57 Å². The van der Waals surface area contributed by atoms with Gasteiger partial charge in [0.25, 0.3) is 0 Å². The van der Waals surface area contributed by atoms with Crippen molar-refractivity contribution in [2.45, 2.75) is 78.1 Å². The lowest BCUT2D eigenvalue weighted by Gasteiger charge is -2.31. The van der Waals surface area contributed by atoms with Gasteiger partial charge in [0.1, 0.15) is 5.94 Å². The van der Waals surface area contributed by atoms with Crippen molar-refractivity contribution >= 4 is 14.0 Å². The van der Waals surface area contributed by atoms with Crippen molar-refractivity contribution in [1.82, 2.24) is 0 Å². The predicted octanol–water partition coefficient (Wildman–Crippen LogP) is 5.08. The van der Waals surface area contributed by atoms with Crippen LogP contribution >= 0.6 is 0 Å². The maximum Gasteiger partial charge on any atom is 0.123 e. The normalized spacial score (nSPS) is 15.2. The lowest BCUT2D eigenvalue weighted by atomic mass is 9.92. The van der Waals surface area contributed by atoms with E-state index in [-0.39, 0.29) is 0 Å². The Morgan fingerprint density at radius 3 is 2.18 bits per heavy atom. The smallest absolute Gasteiger partial charge is 0.123 e. The molecule has 0 rings (SSSR count). The quantitative estimate of drug-likeness (QED) is 0.436. The average Bonchev–Trinajstić information content (AvgIpc) is 2.27. The van der Waals surface area contributed by atoms with E-state index in [4.69, 9.17) is 0 Å². The minimum absolute atomic E-state index is 0.516. The summed E-state index contributed by atoms with van der Waals surface area (Å²) in [5, 5.41) is 0. The monoisotopic (exact) mass is 254 g/mol. The highest BCUT2D eigenvalue weighted by Gasteiger charge is 2.30. The second kappa shape index (κ2) is 7.89. The highest BCUT2D eigenvalue weighted by molar-refractivity contribution is 6.78. The summed E-state index contributed by atoms with van der Waals surface area (Å²) in [6.07, 6.45) is 6.36. The first kappa shape index (κ1) is 16.7. The van der Waals surface area contributed by atoms with Gasteiger partial charge in [0.15, 0.2) is 0 Å². The summed E-state index contributed by atoms with van der Waals surface area (Å²) in [4.78, 5) is 10.9. The molecule has 0 aromatic rings. The Kier molecular flexibility index (Phi) is 7.74. The number of allylic oxidation sites excluding steroid dienone is 1. The largest absolute Gasteiger partial charge is 0.234 e. The van der Waals surface area contributed by atoms with E-state index >= 15 is 0 Å². The van der Waals surface area contributed by atoms with Gasteiger partial charge in [0.2, 0.25) is 0 Å². The molecule has 0 aliphatic carbocycles. The molecule has 0 N–H and O–H groups in total. The summed E-state index contributed by atoms with van der Waals surface area (Å²) in [5.74, 6) is 2.95. The standard InChI is InChI=1S/C15H30OSi/c1-7-9-10-14(8-2)11-15(13(3)12-16)17(4,5)6/h14-15H,7-11H2,1-6H3.